The maximum atomic E-state index is 9.89. The molecule has 1 amide bonds. The predicted molar refractivity (Wildman–Crippen MR) is 24.0 cm³/mol. The van der Waals surface area contributed by atoms with Gasteiger partial charge in [0.2, 0.25) is 5.91 Å². The minimum atomic E-state index is -0.944. The summed E-state index contributed by atoms with van der Waals surface area (Å²) in [5.41, 5.74) is 4.65. The molecule has 0 aliphatic carbocycles. The smallest absolute Gasteiger partial charge is 0.221 e. The summed E-state index contributed by atoms with van der Waals surface area (Å²) in [5, 5.41) is 0. The third-order valence-corrected chi connectivity index (χ3v) is 0.282. The standard InChI is InChI=1S/C4H7NO/c1-2-3-4(5)6/h2H,1,3H2,(H2,5,6)/i3D. The SMILES string of the molecule is [2H]C(C=C)C(N)=O. The summed E-state index contributed by atoms with van der Waals surface area (Å²) in [7, 11) is 0. The van der Waals surface area contributed by atoms with Crippen LogP contribution in [-0.4, -0.2) is 5.91 Å². The van der Waals surface area contributed by atoms with Gasteiger partial charge < -0.3 is 5.73 Å². The summed E-state index contributed by atoms with van der Waals surface area (Å²) in [5.74, 6) is -0.657. The van der Waals surface area contributed by atoms with Crippen LogP contribution in [0, 0.1) is 0 Å². The van der Waals surface area contributed by atoms with E-state index in [9.17, 15) is 4.79 Å². The van der Waals surface area contributed by atoms with Crippen LogP contribution in [0.3, 0.4) is 0 Å². The molecule has 1 unspecified atom stereocenters. The molecule has 0 aliphatic rings. The molecule has 6 heavy (non-hydrogen) atoms. The molecule has 0 heterocycles. The molecular formula is C4H7NO. The quantitative estimate of drug-likeness (QED) is 0.474. The van der Waals surface area contributed by atoms with Crippen LogP contribution in [0.15, 0.2) is 12.7 Å². The van der Waals surface area contributed by atoms with Gasteiger partial charge in [0.15, 0.2) is 0 Å². The fourth-order valence-corrected chi connectivity index (χ4v) is 0.116. The van der Waals surface area contributed by atoms with E-state index in [4.69, 9.17) is 1.37 Å². The molecule has 0 rings (SSSR count). The monoisotopic (exact) mass is 86.1 g/mol. The topological polar surface area (TPSA) is 43.1 Å². The average molecular weight is 86.1 g/mol. The minimum Gasteiger partial charge on any atom is -0.369 e. The highest BCUT2D eigenvalue weighted by molar-refractivity contribution is 5.75. The summed E-state index contributed by atoms with van der Waals surface area (Å²) in [6, 6.07) is 0. The number of carbonyl (C=O) groups excluding carboxylic acids is 1. The van der Waals surface area contributed by atoms with Crippen molar-refractivity contribution in [2.45, 2.75) is 6.40 Å². The van der Waals surface area contributed by atoms with E-state index in [1.165, 1.54) is 6.08 Å². The van der Waals surface area contributed by atoms with Crippen LogP contribution in [-0.2, 0) is 4.79 Å². The zero-order valence-electron chi connectivity index (χ0n) is 4.35. The largest absolute Gasteiger partial charge is 0.369 e. The zero-order valence-corrected chi connectivity index (χ0v) is 3.35. The Labute approximate surface area is 38.1 Å². The highest BCUT2D eigenvalue weighted by atomic mass is 16.1. The Hall–Kier alpha value is -0.790. The van der Waals surface area contributed by atoms with Crippen molar-refractivity contribution in [1.82, 2.24) is 0 Å². The minimum absolute atomic E-state index is 0.657. The second kappa shape index (κ2) is 2.45. The Morgan fingerprint density at radius 1 is 2.33 bits per heavy atom. The molecule has 0 aromatic heterocycles. The fraction of sp³-hybridized carbons (Fsp3) is 0.250. The van der Waals surface area contributed by atoms with Crippen LogP contribution in [0.2, 0.25) is 0 Å². The molecule has 2 N–H and O–H groups in total. The van der Waals surface area contributed by atoms with Crippen molar-refractivity contribution in [1.29, 1.82) is 0 Å². The molecule has 0 bridgehead atoms. The van der Waals surface area contributed by atoms with E-state index in [2.05, 4.69) is 12.3 Å². The first kappa shape index (κ1) is 3.40. The maximum absolute atomic E-state index is 9.89. The van der Waals surface area contributed by atoms with Gasteiger partial charge in [0.05, 0.1) is 0 Å². The third kappa shape index (κ3) is 3.21. The van der Waals surface area contributed by atoms with Crippen molar-refractivity contribution in [3.05, 3.63) is 12.7 Å². The predicted octanol–water partition coefficient (Wildman–Crippen LogP) is 0.0478. The molecular weight excluding hydrogens is 78.0 g/mol. The first-order chi connectivity index (χ1) is 3.18. The van der Waals surface area contributed by atoms with E-state index in [0.717, 1.165) is 0 Å². The van der Waals surface area contributed by atoms with Crippen LogP contribution in [0.25, 0.3) is 0 Å². The fourth-order valence-electron chi connectivity index (χ4n) is 0.116. The number of hydrogen-bond acceptors (Lipinski definition) is 1. The van der Waals surface area contributed by atoms with Gasteiger partial charge in [-0.2, -0.15) is 0 Å². The summed E-state index contributed by atoms with van der Waals surface area (Å²) < 4.78 is 6.68. The van der Waals surface area contributed by atoms with Gasteiger partial charge in [-0.1, -0.05) is 6.08 Å². The maximum Gasteiger partial charge on any atom is 0.221 e. The van der Waals surface area contributed by atoms with Crippen LogP contribution in [0.4, 0.5) is 0 Å². The van der Waals surface area contributed by atoms with Gasteiger partial charge in [0.1, 0.15) is 0 Å². The lowest BCUT2D eigenvalue weighted by Crippen LogP contribution is -2.07. The normalized spacial score (nSPS) is 15.0. The van der Waals surface area contributed by atoms with Gasteiger partial charge in [-0.05, 0) is 0 Å². The molecule has 0 spiro atoms. The van der Waals surface area contributed by atoms with Gasteiger partial charge in [-0.25, -0.2) is 0 Å². The molecule has 2 heteroatoms. The van der Waals surface area contributed by atoms with Gasteiger partial charge in [-0.15, -0.1) is 6.58 Å². The summed E-state index contributed by atoms with van der Waals surface area (Å²) >= 11 is 0. The second-order valence-corrected chi connectivity index (χ2v) is 0.805. The summed E-state index contributed by atoms with van der Waals surface area (Å²) in [4.78, 5) is 9.89. The molecule has 0 aromatic rings. The van der Waals surface area contributed by atoms with Gasteiger partial charge in [0, 0.05) is 7.77 Å². The Morgan fingerprint density at radius 2 is 2.83 bits per heavy atom. The average Bonchev–Trinajstić information content (AvgIpc) is 1.65. The third-order valence-electron chi connectivity index (χ3n) is 0.282. The van der Waals surface area contributed by atoms with E-state index in [-0.39, 0.29) is 0 Å². The Balaban J connectivity index is 3.55. The van der Waals surface area contributed by atoms with E-state index < -0.39 is 12.3 Å². The van der Waals surface area contributed by atoms with Crippen molar-refractivity contribution in [3.8, 4) is 0 Å². The van der Waals surface area contributed by atoms with Crippen LogP contribution < -0.4 is 5.73 Å². The number of hydrogen-bond donors (Lipinski definition) is 1. The first-order valence-electron chi connectivity index (χ1n) is 2.10. The number of carbonyl (C=O) groups is 1. The van der Waals surface area contributed by atoms with Crippen molar-refractivity contribution in [3.63, 3.8) is 0 Å². The van der Waals surface area contributed by atoms with Crippen LogP contribution in [0.1, 0.15) is 7.77 Å². The lowest BCUT2D eigenvalue weighted by Gasteiger charge is -1.76. The van der Waals surface area contributed by atoms with Crippen LogP contribution in [0.5, 0.6) is 0 Å². The molecule has 0 aromatic carbocycles. The van der Waals surface area contributed by atoms with Crippen molar-refractivity contribution < 1.29 is 6.17 Å². The molecule has 0 aliphatic heterocycles. The number of nitrogens with two attached hydrogens (primary N) is 1. The Kier molecular flexibility index (Phi) is 1.39. The van der Waals surface area contributed by atoms with Gasteiger partial charge in [-0.3, -0.25) is 4.79 Å². The first-order valence-corrected chi connectivity index (χ1v) is 1.52. The molecule has 0 fully saturated rings. The number of rotatable bonds is 2. The molecule has 0 saturated carbocycles. The van der Waals surface area contributed by atoms with E-state index in [1.807, 2.05) is 0 Å². The zero-order chi connectivity index (χ0) is 5.86. The second-order valence-electron chi connectivity index (χ2n) is 0.805. The van der Waals surface area contributed by atoms with Gasteiger partial charge in [0.25, 0.3) is 0 Å². The van der Waals surface area contributed by atoms with Gasteiger partial charge >= 0.3 is 0 Å². The van der Waals surface area contributed by atoms with Crippen LogP contribution >= 0.6 is 0 Å². The van der Waals surface area contributed by atoms with E-state index in [0.29, 0.717) is 0 Å². The Morgan fingerprint density at radius 3 is 2.83 bits per heavy atom. The highest BCUT2D eigenvalue weighted by Crippen LogP contribution is 1.71. The van der Waals surface area contributed by atoms with Crippen molar-refractivity contribution in [2.75, 3.05) is 0 Å². The van der Waals surface area contributed by atoms with E-state index in [1.54, 1.807) is 0 Å². The molecule has 0 saturated heterocycles. The molecule has 1 atom stereocenters. The molecule has 34 valence electrons. The van der Waals surface area contributed by atoms with Crippen molar-refractivity contribution >= 4 is 5.91 Å². The summed E-state index contributed by atoms with van der Waals surface area (Å²) in [6.07, 6.45) is 0.238. The number of primary amides is 1. The molecule has 0 radical (unpaired) electrons. The lowest BCUT2D eigenvalue weighted by molar-refractivity contribution is -0.117. The summed E-state index contributed by atoms with van der Waals surface area (Å²) in [6.45, 7) is 3.19. The number of amides is 1. The molecule has 2 nitrogen and oxygen atoms in total. The Bertz CT molecular complexity index is 91.7. The van der Waals surface area contributed by atoms with E-state index >= 15 is 0 Å². The lowest BCUT2D eigenvalue weighted by atomic mass is 10.4. The highest BCUT2D eigenvalue weighted by Gasteiger charge is 1.80. The van der Waals surface area contributed by atoms with Crippen molar-refractivity contribution in [2.24, 2.45) is 5.73 Å².